The van der Waals surface area contributed by atoms with Crippen LogP contribution in [0.3, 0.4) is 0 Å². The van der Waals surface area contributed by atoms with E-state index in [1.165, 1.54) is 0 Å². The Morgan fingerprint density at radius 1 is 1.16 bits per heavy atom. The molecule has 2 aromatic rings. The number of hydrogen-bond acceptors (Lipinski definition) is 3. The Bertz CT molecular complexity index is 748. The summed E-state index contributed by atoms with van der Waals surface area (Å²) in [6.07, 6.45) is 1.54. The van der Waals surface area contributed by atoms with E-state index in [1.807, 2.05) is 48.2 Å². The van der Waals surface area contributed by atoms with Gasteiger partial charge in [-0.25, -0.2) is 9.48 Å². The van der Waals surface area contributed by atoms with E-state index in [2.05, 4.69) is 15.7 Å². The fraction of sp³-hybridized carbons (Fsp3) is 0.389. The SMILES string of the molecule is CC(=O)N1CCC(NC(=O)Nc2cc(C)nn2-c2ccccc2)CC1. The number of aryl methyl sites for hydroxylation is 1. The van der Waals surface area contributed by atoms with Gasteiger partial charge in [0.05, 0.1) is 11.4 Å². The molecule has 1 fully saturated rings. The summed E-state index contributed by atoms with van der Waals surface area (Å²) >= 11 is 0. The second-order valence-corrected chi connectivity index (χ2v) is 6.30. The summed E-state index contributed by atoms with van der Waals surface area (Å²) in [6.45, 7) is 4.83. The first-order valence-electron chi connectivity index (χ1n) is 8.48. The van der Waals surface area contributed by atoms with Crippen molar-refractivity contribution in [2.75, 3.05) is 18.4 Å². The number of carbonyl (C=O) groups is 2. The van der Waals surface area contributed by atoms with Gasteiger partial charge in [-0.2, -0.15) is 5.10 Å². The van der Waals surface area contributed by atoms with E-state index in [0.717, 1.165) is 24.2 Å². The van der Waals surface area contributed by atoms with E-state index in [-0.39, 0.29) is 18.0 Å². The lowest BCUT2D eigenvalue weighted by molar-refractivity contribution is -0.129. The van der Waals surface area contributed by atoms with Gasteiger partial charge in [-0.1, -0.05) is 18.2 Å². The Kier molecular flexibility index (Phi) is 5.02. The van der Waals surface area contributed by atoms with Crippen LogP contribution in [0, 0.1) is 6.92 Å². The topological polar surface area (TPSA) is 79.3 Å². The molecule has 7 nitrogen and oxygen atoms in total. The molecule has 0 atom stereocenters. The molecule has 2 heterocycles. The van der Waals surface area contributed by atoms with Crippen molar-refractivity contribution < 1.29 is 9.59 Å². The first kappa shape index (κ1) is 17.0. The Balaban J connectivity index is 1.62. The van der Waals surface area contributed by atoms with Gasteiger partial charge in [0.2, 0.25) is 5.91 Å². The van der Waals surface area contributed by atoms with Crippen molar-refractivity contribution >= 4 is 17.8 Å². The molecule has 0 spiro atoms. The fourth-order valence-electron chi connectivity index (χ4n) is 3.03. The number of urea groups is 1. The number of carbonyl (C=O) groups excluding carboxylic acids is 2. The monoisotopic (exact) mass is 341 g/mol. The minimum atomic E-state index is -0.252. The predicted molar refractivity (Wildman–Crippen MR) is 95.7 cm³/mol. The third-order valence-corrected chi connectivity index (χ3v) is 4.35. The molecular formula is C18H23N5O2. The maximum atomic E-state index is 12.3. The van der Waals surface area contributed by atoms with E-state index in [0.29, 0.717) is 18.9 Å². The van der Waals surface area contributed by atoms with Crippen LogP contribution < -0.4 is 10.6 Å². The summed E-state index contributed by atoms with van der Waals surface area (Å²) in [5.41, 5.74) is 1.72. The molecule has 0 unspecified atom stereocenters. The normalized spacial score (nSPS) is 15.0. The van der Waals surface area contributed by atoms with Gasteiger partial charge < -0.3 is 10.2 Å². The number of anilines is 1. The highest BCUT2D eigenvalue weighted by molar-refractivity contribution is 5.89. The highest BCUT2D eigenvalue weighted by Crippen LogP contribution is 2.17. The second-order valence-electron chi connectivity index (χ2n) is 6.30. The number of likely N-dealkylation sites (tertiary alicyclic amines) is 1. The van der Waals surface area contributed by atoms with E-state index >= 15 is 0 Å². The zero-order chi connectivity index (χ0) is 17.8. The summed E-state index contributed by atoms with van der Waals surface area (Å²) in [4.78, 5) is 25.5. The molecule has 0 saturated carbocycles. The molecule has 1 aromatic carbocycles. The van der Waals surface area contributed by atoms with Gasteiger partial charge in [-0.3, -0.25) is 10.1 Å². The van der Waals surface area contributed by atoms with Crippen LogP contribution >= 0.6 is 0 Å². The van der Waals surface area contributed by atoms with E-state index in [1.54, 1.807) is 11.6 Å². The molecule has 1 aliphatic rings. The second kappa shape index (κ2) is 7.38. The molecular weight excluding hydrogens is 318 g/mol. The molecule has 1 aliphatic heterocycles. The van der Waals surface area contributed by atoms with Crippen molar-refractivity contribution in [3.63, 3.8) is 0 Å². The van der Waals surface area contributed by atoms with Gasteiger partial charge in [0, 0.05) is 32.1 Å². The van der Waals surface area contributed by atoms with Crippen LogP contribution in [0.15, 0.2) is 36.4 Å². The van der Waals surface area contributed by atoms with Crippen molar-refractivity contribution in [1.82, 2.24) is 20.0 Å². The van der Waals surface area contributed by atoms with Crippen LogP contribution in [0.2, 0.25) is 0 Å². The van der Waals surface area contributed by atoms with Gasteiger partial charge in [0.25, 0.3) is 0 Å². The van der Waals surface area contributed by atoms with Crippen LogP contribution in [0.5, 0.6) is 0 Å². The minimum Gasteiger partial charge on any atom is -0.343 e. The lowest BCUT2D eigenvalue weighted by atomic mass is 10.1. The standard InChI is InChI=1S/C18H23N5O2/c1-13-12-17(23(21-13)16-6-4-3-5-7-16)20-18(25)19-15-8-10-22(11-9-15)14(2)24/h3-7,12,15H,8-11H2,1-2H3,(H2,19,20,25). The molecule has 0 radical (unpaired) electrons. The molecule has 132 valence electrons. The van der Waals surface area contributed by atoms with Crippen LogP contribution in [-0.2, 0) is 4.79 Å². The van der Waals surface area contributed by atoms with E-state index in [9.17, 15) is 9.59 Å². The Hall–Kier alpha value is -2.83. The van der Waals surface area contributed by atoms with Crippen LogP contribution in [0.4, 0.5) is 10.6 Å². The number of hydrogen-bond donors (Lipinski definition) is 2. The van der Waals surface area contributed by atoms with Gasteiger partial charge in [0.15, 0.2) is 0 Å². The van der Waals surface area contributed by atoms with Crippen molar-refractivity contribution in [1.29, 1.82) is 0 Å². The van der Waals surface area contributed by atoms with Gasteiger partial charge in [0.1, 0.15) is 5.82 Å². The third kappa shape index (κ3) is 4.17. The zero-order valence-corrected chi connectivity index (χ0v) is 14.5. The number of amides is 3. The molecule has 1 aromatic heterocycles. The number of nitrogens with one attached hydrogen (secondary N) is 2. The summed E-state index contributed by atoms with van der Waals surface area (Å²) in [6, 6.07) is 11.3. The number of para-hydroxylation sites is 1. The van der Waals surface area contributed by atoms with Crippen LogP contribution in [0.25, 0.3) is 5.69 Å². The zero-order valence-electron chi connectivity index (χ0n) is 14.5. The minimum absolute atomic E-state index is 0.0739. The molecule has 2 N–H and O–H groups in total. The quantitative estimate of drug-likeness (QED) is 0.899. The predicted octanol–water partition coefficient (Wildman–Crippen LogP) is 2.31. The smallest absolute Gasteiger partial charge is 0.320 e. The lowest BCUT2D eigenvalue weighted by Gasteiger charge is -2.31. The van der Waals surface area contributed by atoms with Gasteiger partial charge in [-0.15, -0.1) is 0 Å². The van der Waals surface area contributed by atoms with Crippen molar-refractivity contribution in [2.45, 2.75) is 32.7 Å². The Morgan fingerprint density at radius 3 is 2.48 bits per heavy atom. The van der Waals surface area contributed by atoms with Crippen molar-refractivity contribution in [3.8, 4) is 5.69 Å². The fourth-order valence-corrected chi connectivity index (χ4v) is 3.03. The Morgan fingerprint density at radius 2 is 1.84 bits per heavy atom. The van der Waals surface area contributed by atoms with Crippen molar-refractivity contribution in [3.05, 3.63) is 42.1 Å². The maximum absolute atomic E-state index is 12.3. The molecule has 3 rings (SSSR count). The average Bonchev–Trinajstić information content (AvgIpc) is 2.96. The third-order valence-electron chi connectivity index (χ3n) is 4.35. The molecule has 7 heteroatoms. The van der Waals surface area contributed by atoms with Gasteiger partial charge >= 0.3 is 6.03 Å². The van der Waals surface area contributed by atoms with Crippen molar-refractivity contribution in [2.24, 2.45) is 0 Å². The van der Waals surface area contributed by atoms with Gasteiger partial charge in [-0.05, 0) is 31.9 Å². The number of nitrogens with zero attached hydrogens (tertiary/aromatic N) is 3. The largest absolute Gasteiger partial charge is 0.343 e. The summed E-state index contributed by atoms with van der Waals surface area (Å²) in [5, 5.41) is 10.3. The molecule has 1 saturated heterocycles. The number of rotatable bonds is 3. The first-order chi connectivity index (χ1) is 12.0. The summed E-state index contributed by atoms with van der Waals surface area (Å²) in [5.74, 6) is 0.715. The number of aromatic nitrogens is 2. The molecule has 25 heavy (non-hydrogen) atoms. The lowest BCUT2D eigenvalue weighted by Crippen LogP contribution is -2.47. The highest BCUT2D eigenvalue weighted by atomic mass is 16.2. The Labute approximate surface area is 147 Å². The molecule has 3 amide bonds. The maximum Gasteiger partial charge on any atom is 0.320 e. The van der Waals surface area contributed by atoms with Crippen LogP contribution in [-0.4, -0.2) is 45.8 Å². The number of piperidine rings is 1. The number of benzene rings is 1. The molecule has 0 bridgehead atoms. The highest BCUT2D eigenvalue weighted by Gasteiger charge is 2.22. The van der Waals surface area contributed by atoms with E-state index in [4.69, 9.17) is 0 Å². The first-order valence-corrected chi connectivity index (χ1v) is 8.48. The summed E-state index contributed by atoms with van der Waals surface area (Å²) in [7, 11) is 0. The average molecular weight is 341 g/mol. The summed E-state index contributed by atoms with van der Waals surface area (Å²) < 4.78 is 1.72. The van der Waals surface area contributed by atoms with E-state index < -0.39 is 0 Å². The molecule has 0 aliphatic carbocycles. The van der Waals surface area contributed by atoms with Crippen LogP contribution in [0.1, 0.15) is 25.5 Å².